The van der Waals surface area contributed by atoms with Crippen LogP contribution >= 0.6 is 15.9 Å². The van der Waals surface area contributed by atoms with Gasteiger partial charge in [-0.15, -0.1) is 0 Å². The predicted molar refractivity (Wildman–Crippen MR) is 72.2 cm³/mol. The Kier molecular flexibility index (Phi) is 2.89. The topological polar surface area (TPSA) is 46.3 Å². The van der Waals surface area contributed by atoms with Gasteiger partial charge in [0.1, 0.15) is 6.10 Å². The molecule has 2 aromatic heterocycles. The van der Waals surface area contributed by atoms with Crippen molar-refractivity contribution in [3.05, 3.63) is 64.7 Å². The molecule has 2 heterocycles. The first-order chi connectivity index (χ1) is 8.75. The summed E-state index contributed by atoms with van der Waals surface area (Å²) in [5.41, 5.74) is 2.38. The lowest BCUT2D eigenvalue weighted by Crippen LogP contribution is -1.99. The van der Waals surface area contributed by atoms with Crippen LogP contribution in [0.5, 0.6) is 0 Å². The Morgan fingerprint density at radius 2 is 2.11 bits per heavy atom. The molecule has 0 aliphatic carbocycles. The van der Waals surface area contributed by atoms with Crippen LogP contribution in [0.4, 0.5) is 0 Å². The van der Waals surface area contributed by atoms with Gasteiger partial charge in [0, 0.05) is 17.1 Å². The number of halogens is 1. The summed E-state index contributed by atoms with van der Waals surface area (Å²) in [4.78, 5) is 4.28. The zero-order chi connectivity index (χ0) is 12.5. The lowest BCUT2D eigenvalue weighted by molar-refractivity contribution is 0.218. The maximum Gasteiger partial charge on any atom is 0.175 e. The fraction of sp³-hybridized carbons (Fsp3) is 0.0714. The summed E-state index contributed by atoms with van der Waals surface area (Å²) in [7, 11) is 0. The van der Waals surface area contributed by atoms with Crippen LogP contribution in [-0.2, 0) is 0 Å². The average Bonchev–Trinajstić information content (AvgIpc) is 2.83. The van der Waals surface area contributed by atoms with Gasteiger partial charge >= 0.3 is 0 Å². The molecular formula is C14H10BrNO2. The van der Waals surface area contributed by atoms with E-state index in [1.54, 1.807) is 18.5 Å². The van der Waals surface area contributed by atoms with Gasteiger partial charge in [0.15, 0.2) is 4.67 Å². The van der Waals surface area contributed by atoms with Crippen molar-refractivity contribution in [3.63, 3.8) is 0 Å². The van der Waals surface area contributed by atoms with Gasteiger partial charge in [0.25, 0.3) is 0 Å². The van der Waals surface area contributed by atoms with Gasteiger partial charge in [0.05, 0.1) is 11.8 Å². The lowest BCUT2D eigenvalue weighted by atomic mass is 10.0. The predicted octanol–water partition coefficient (Wildman–Crippen LogP) is 3.67. The molecule has 1 atom stereocenters. The van der Waals surface area contributed by atoms with Gasteiger partial charge in [-0.05, 0) is 39.7 Å². The van der Waals surface area contributed by atoms with Crippen LogP contribution in [0, 0.1) is 0 Å². The van der Waals surface area contributed by atoms with Crippen LogP contribution < -0.4 is 0 Å². The minimum Gasteiger partial charge on any atom is -0.457 e. The van der Waals surface area contributed by atoms with E-state index in [9.17, 15) is 5.11 Å². The highest BCUT2D eigenvalue weighted by atomic mass is 79.9. The largest absolute Gasteiger partial charge is 0.457 e. The Hall–Kier alpha value is -1.65. The van der Waals surface area contributed by atoms with Crippen molar-refractivity contribution >= 4 is 26.8 Å². The number of furan rings is 1. The van der Waals surface area contributed by atoms with Gasteiger partial charge in [0.2, 0.25) is 0 Å². The molecular weight excluding hydrogens is 294 g/mol. The van der Waals surface area contributed by atoms with E-state index in [1.165, 1.54) is 0 Å². The zero-order valence-corrected chi connectivity index (χ0v) is 11.0. The van der Waals surface area contributed by atoms with E-state index >= 15 is 0 Å². The van der Waals surface area contributed by atoms with Gasteiger partial charge in [-0.2, -0.15) is 0 Å². The van der Waals surface area contributed by atoms with Crippen molar-refractivity contribution < 1.29 is 9.52 Å². The highest BCUT2D eigenvalue weighted by molar-refractivity contribution is 9.10. The van der Waals surface area contributed by atoms with Crippen molar-refractivity contribution in [3.8, 4) is 0 Å². The first-order valence-corrected chi connectivity index (χ1v) is 6.30. The molecule has 90 valence electrons. The number of nitrogens with zero attached hydrogens (tertiary/aromatic N) is 1. The summed E-state index contributed by atoms with van der Waals surface area (Å²) in [6.45, 7) is 0. The van der Waals surface area contributed by atoms with Crippen LogP contribution in [0.1, 0.15) is 17.2 Å². The summed E-state index contributed by atoms with van der Waals surface area (Å²) >= 11 is 3.27. The molecule has 0 saturated carbocycles. The smallest absolute Gasteiger partial charge is 0.175 e. The SMILES string of the molecule is OC(c1ccc2cccnc2c1)c1ccoc1Br. The monoisotopic (exact) mass is 303 g/mol. The maximum atomic E-state index is 10.3. The summed E-state index contributed by atoms with van der Waals surface area (Å²) in [6, 6.07) is 11.4. The quantitative estimate of drug-likeness (QED) is 0.785. The Balaban J connectivity index is 2.07. The number of hydrogen-bond donors (Lipinski definition) is 1. The van der Waals surface area contributed by atoms with E-state index in [2.05, 4.69) is 20.9 Å². The molecule has 0 aliphatic rings. The number of fused-ring (bicyclic) bond motifs is 1. The molecule has 0 aliphatic heterocycles. The van der Waals surface area contributed by atoms with Gasteiger partial charge in [-0.1, -0.05) is 18.2 Å². The summed E-state index contributed by atoms with van der Waals surface area (Å²) in [5.74, 6) is 0. The molecule has 18 heavy (non-hydrogen) atoms. The van der Waals surface area contributed by atoms with E-state index < -0.39 is 6.10 Å². The van der Waals surface area contributed by atoms with E-state index in [0.717, 1.165) is 16.5 Å². The van der Waals surface area contributed by atoms with Crippen molar-refractivity contribution in [1.29, 1.82) is 0 Å². The summed E-state index contributed by atoms with van der Waals surface area (Å²) < 4.78 is 5.69. The highest BCUT2D eigenvalue weighted by Gasteiger charge is 2.16. The minimum atomic E-state index is -0.718. The average molecular weight is 304 g/mol. The molecule has 0 amide bonds. The molecule has 4 heteroatoms. The summed E-state index contributed by atoms with van der Waals surface area (Å²) in [6.07, 6.45) is 2.57. The molecule has 3 rings (SSSR count). The van der Waals surface area contributed by atoms with Gasteiger partial charge in [-0.3, -0.25) is 4.98 Å². The fourth-order valence-electron chi connectivity index (χ4n) is 1.93. The van der Waals surface area contributed by atoms with E-state index in [1.807, 2.05) is 30.3 Å². The van der Waals surface area contributed by atoms with Crippen molar-refractivity contribution in [1.82, 2.24) is 4.98 Å². The van der Waals surface area contributed by atoms with Crippen LogP contribution in [0.25, 0.3) is 10.9 Å². The van der Waals surface area contributed by atoms with Crippen LogP contribution in [0.3, 0.4) is 0 Å². The number of aliphatic hydroxyl groups excluding tert-OH is 1. The molecule has 0 spiro atoms. The molecule has 1 N–H and O–H groups in total. The molecule has 0 saturated heterocycles. The third kappa shape index (κ3) is 1.94. The third-order valence-corrected chi connectivity index (χ3v) is 3.53. The summed E-state index contributed by atoms with van der Waals surface area (Å²) in [5, 5.41) is 11.4. The number of hydrogen-bond acceptors (Lipinski definition) is 3. The molecule has 0 fully saturated rings. The van der Waals surface area contributed by atoms with Gasteiger partial charge < -0.3 is 9.52 Å². The first-order valence-electron chi connectivity index (χ1n) is 5.51. The molecule has 0 radical (unpaired) electrons. The number of pyridine rings is 1. The molecule has 3 aromatic rings. The van der Waals surface area contributed by atoms with Crippen LogP contribution in [-0.4, -0.2) is 10.1 Å². The number of benzene rings is 1. The second-order valence-electron chi connectivity index (χ2n) is 4.01. The fourth-order valence-corrected chi connectivity index (χ4v) is 2.39. The molecule has 0 bridgehead atoms. The standard InChI is InChI=1S/C14H10BrNO2/c15-14-11(5-7-18-14)13(17)10-4-3-9-2-1-6-16-12(9)8-10/h1-8,13,17H. The van der Waals surface area contributed by atoms with E-state index in [0.29, 0.717) is 10.2 Å². The minimum absolute atomic E-state index is 0.552. The maximum absolute atomic E-state index is 10.3. The Labute approximate surface area is 112 Å². The second-order valence-corrected chi connectivity index (χ2v) is 4.73. The van der Waals surface area contributed by atoms with Crippen LogP contribution in [0.2, 0.25) is 0 Å². The number of aromatic nitrogens is 1. The van der Waals surface area contributed by atoms with Gasteiger partial charge in [-0.25, -0.2) is 0 Å². The molecule has 1 aromatic carbocycles. The molecule has 3 nitrogen and oxygen atoms in total. The van der Waals surface area contributed by atoms with Crippen molar-refractivity contribution in [2.24, 2.45) is 0 Å². The zero-order valence-electron chi connectivity index (χ0n) is 9.38. The number of rotatable bonds is 2. The van der Waals surface area contributed by atoms with Crippen LogP contribution in [0.15, 0.2) is 57.9 Å². The number of aliphatic hydroxyl groups is 1. The Bertz CT molecular complexity index is 693. The normalized spacial score (nSPS) is 12.8. The molecule has 1 unspecified atom stereocenters. The highest BCUT2D eigenvalue weighted by Crippen LogP contribution is 2.30. The lowest BCUT2D eigenvalue weighted by Gasteiger charge is -2.10. The Morgan fingerprint density at radius 3 is 2.89 bits per heavy atom. The van der Waals surface area contributed by atoms with E-state index in [4.69, 9.17) is 4.42 Å². The second kappa shape index (κ2) is 4.55. The van der Waals surface area contributed by atoms with Crippen molar-refractivity contribution in [2.45, 2.75) is 6.10 Å². The van der Waals surface area contributed by atoms with Crippen molar-refractivity contribution in [2.75, 3.05) is 0 Å². The Morgan fingerprint density at radius 1 is 1.22 bits per heavy atom. The van der Waals surface area contributed by atoms with E-state index in [-0.39, 0.29) is 0 Å². The first kappa shape index (κ1) is 11.4. The third-order valence-electron chi connectivity index (χ3n) is 2.89.